The van der Waals surface area contributed by atoms with Gasteiger partial charge in [-0.1, -0.05) is 13.8 Å². The second-order valence-corrected chi connectivity index (χ2v) is 5.46. The van der Waals surface area contributed by atoms with Gasteiger partial charge in [0.1, 0.15) is 6.04 Å². The van der Waals surface area contributed by atoms with Crippen LogP contribution in [0.1, 0.15) is 33.1 Å². The second kappa shape index (κ2) is 12.0. The summed E-state index contributed by atoms with van der Waals surface area (Å²) in [6.45, 7) is 5.45. The topological polar surface area (TPSA) is 104 Å². The van der Waals surface area contributed by atoms with E-state index in [4.69, 9.17) is 10.8 Å². The van der Waals surface area contributed by atoms with Crippen molar-refractivity contribution in [2.75, 3.05) is 24.6 Å². The molecule has 1 rings (SSSR count). The Morgan fingerprint density at radius 3 is 2.70 bits per heavy atom. The van der Waals surface area contributed by atoms with Crippen LogP contribution in [0.4, 0.5) is 0 Å². The molecule has 118 valence electrons. The molecule has 0 saturated carbocycles. The van der Waals surface area contributed by atoms with Gasteiger partial charge in [-0.3, -0.25) is 9.59 Å². The van der Waals surface area contributed by atoms with Gasteiger partial charge in [0, 0.05) is 24.6 Å². The van der Waals surface area contributed by atoms with Gasteiger partial charge in [-0.2, -0.15) is 11.8 Å². The first kappa shape index (κ1) is 19.2. The maximum absolute atomic E-state index is 11.7. The zero-order valence-electron chi connectivity index (χ0n) is 12.4. The zero-order valence-corrected chi connectivity index (χ0v) is 13.2. The molecule has 0 spiro atoms. The molecule has 5 N–H and O–H groups in total. The number of amides is 1. The third-order valence-electron chi connectivity index (χ3n) is 2.80. The Bertz CT molecular complexity index is 284. The lowest BCUT2D eigenvalue weighted by Gasteiger charge is -2.22. The minimum Gasteiger partial charge on any atom is -0.480 e. The lowest BCUT2D eigenvalue weighted by Crippen LogP contribution is -2.49. The summed E-state index contributed by atoms with van der Waals surface area (Å²) >= 11 is 1.78. The van der Waals surface area contributed by atoms with Gasteiger partial charge in [0.25, 0.3) is 0 Å². The zero-order chi connectivity index (χ0) is 15.4. The van der Waals surface area contributed by atoms with E-state index in [1.54, 1.807) is 11.8 Å². The van der Waals surface area contributed by atoms with Gasteiger partial charge in [-0.05, 0) is 19.3 Å². The molecule has 0 aromatic heterocycles. The lowest BCUT2D eigenvalue weighted by molar-refractivity contribution is -0.138. The number of carboxylic acids is 1. The van der Waals surface area contributed by atoms with E-state index in [1.165, 1.54) is 0 Å². The Labute approximate surface area is 125 Å². The van der Waals surface area contributed by atoms with Gasteiger partial charge in [0.15, 0.2) is 0 Å². The Kier molecular flexibility index (Phi) is 11.5. The van der Waals surface area contributed by atoms with Crippen LogP contribution in [0.5, 0.6) is 0 Å². The van der Waals surface area contributed by atoms with Crippen LogP contribution in [-0.4, -0.2) is 53.7 Å². The molecular weight excluding hydrogens is 278 g/mol. The summed E-state index contributed by atoms with van der Waals surface area (Å²) in [6.07, 6.45) is 1.91. The summed E-state index contributed by atoms with van der Waals surface area (Å²) in [7, 11) is 0. The highest BCUT2D eigenvalue weighted by Gasteiger charge is 2.20. The summed E-state index contributed by atoms with van der Waals surface area (Å²) in [4.78, 5) is 22.2. The van der Waals surface area contributed by atoms with Gasteiger partial charge in [0.05, 0.1) is 6.04 Å². The van der Waals surface area contributed by atoms with Crippen molar-refractivity contribution in [3.05, 3.63) is 0 Å². The monoisotopic (exact) mass is 305 g/mol. The van der Waals surface area contributed by atoms with Crippen molar-refractivity contribution >= 4 is 23.6 Å². The van der Waals surface area contributed by atoms with Gasteiger partial charge >= 0.3 is 5.97 Å². The minimum atomic E-state index is -0.970. The van der Waals surface area contributed by atoms with E-state index >= 15 is 0 Å². The molecule has 1 fully saturated rings. The molecule has 0 aliphatic carbocycles. The Balaban J connectivity index is 0.00000172. The fourth-order valence-electron chi connectivity index (χ4n) is 1.68. The number of carboxylic acid groups (broad SMARTS) is 1. The smallest absolute Gasteiger partial charge is 0.320 e. The van der Waals surface area contributed by atoms with Crippen LogP contribution >= 0.6 is 11.8 Å². The van der Waals surface area contributed by atoms with Crippen LogP contribution in [0, 0.1) is 0 Å². The number of nitrogens with two attached hydrogens (primary N) is 1. The number of unbranched alkanes of at least 4 members (excludes halogenated alkanes) is 1. The molecular formula is C13H27N3O3S. The van der Waals surface area contributed by atoms with Crippen molar-refractivity contribution in [3.63, 3.8) is 0 Å². The van der Waals surface area contributed by atoms with E-state index in [0.717, 1.165) is 24.5 Å². The highest BCUT2D eigenvalue weighted by atomic mass is 32.2. The van der Waals surface area contributed by atoms with Crippen LogP contribution in [0.15, 0.2) is 0 Å². The lowest BCUT2D eigenvalue weighted by atomic mass is 10.1. The van der Waals surface area contributed by atoms with Crippen LogP contribution in [0.3, 0.4) is 0 Å². The molecule has 1 saturated heterocycles. The molecule has 1 amide bonds. The maximum Gasteiger partial charge on any atom is 0.320 e. The molecule has 0 radical (unpaired) electrons. The maximum atomic E-state index is 11.7. The summed E-state index contributed by atoms with van der Waals surface area (Å²) in [5.74, 6) is 0.930. The van der Waals surface area contributed by atoms with E-state index in [-0.39, 0.29) is 11.9 Å². The SMILES string of the molecule is CC.NC(CCCCNC(=O)C1CSCCN1)C(=O)O. The predicted molar refractivity (Wildman–Crippen MR) is 82.9 cm³/mol. The molecule has 0 aromatic rings. The Hall–Kier alpha value is -0.790. The molecule has 1 aliphatic heterocycles. The number of hydrogen-bond acceptors (Lipinski definition) is 5. The average Bonchev–Trinajstić information content (AvgIpc) is 2.49. The number of hydrogen-bond donors (Lipinski definition) is 4. The molecule has 7 heteroatoms. The second-order valence-electron chi connectivity index (χ2n) is 4.31. The molecule has 20 heavy (non-hydrogen) atoms. The van der Waals surface area contributed by atoms with Crippen molar-refractivity contribution in [1.29, 1.82) is 0 Å². The summed E-state index contributed by atoms with van der Waals surface area (Å²) in [5, 5.41) is 14.6. The molecule has 1 aliphatic rings. The Morgan fingerprint density at radius 2 is 2.15 bits per heavy atom. The summed E-state index contributed by atoms with van der Waals surface area (Å²) in [5.41, 5.74) is 5.38. The molecule has 2 unspecified atom stereocenters. The highest BCUT2D eigenvalue weighted by Crippen LogP contribution is 2.07. The van der Waals surface area contributed by atoms with Crippen LogP contribution in [-0.2, 0) is 9.59 Å². The van der Waals surface area contributed by atoms with E-state index < -0.39 is 12.0 Å². The number of nitrogens with one attached hydrogen (secondary N) is 2. The highest BCUT2D eigenvalue weighted by molar-refractivity contribution is 7.99. The quantitative estimate of drug-likeness (QED) is 0.508. The van der Waals surface area contributed by atoms with E-state index in [0.29, 0.717) is 19.4 Å². The molecule has 0 aromatic carbocycles. The van der Waals surface area contributed by atoms with Crippen molar-refractivity contribution in [2.24, 2.45) is 5.73 Å². The number of rotatable bonds is 7. The van der Waals surface area contributed by atoms with Gasteiger partial charge in [0.2, 0.25) is 5.91 Å². The number of carbonyl (C=O) groups is 2. The largest absolute Gasteiger partial charge is 0.480 e. The summed E-state index contributed by atoms with van der Waals surface area (Å²) < 4.78 is 0. The van der Waals surface area contributed by atoms with E-state index in [9.17, 15) is 9.59 Å². The molecule has 1 heterocycles. The van der Waals surface area contributed by atoms with Crippen LogP contribution in [0.2, 0.25) is 0 Å². The number of carbonyl (C=O) groups excluding carboxylic acids is 1. The normalized spacial score (nSPS) is 19.4. The first-order valence-corrected chi connectivity index (χ1v) is 8.34. The third kappa shape index (κ3) is 8.39. The van der Waals surface area contributed by atoms with Gasteiger partial charge < -0.3 is 21.5 Å². The molecule has 2 atom stereocenters. The van der Waals surface area contributed by atoms with Crippen LogP contribution in [0.25, 0.3) is 0 Å². The molecule has 6 nitrogen and oxygen atoms in total. The Morgan fingerprint density at radius 1 is 1.45 bits per heavy atom. The number of thioether (sulfide) groups is 1. The average molecular weight is 305 g/mol. The van der Waals surface area contributed by atoms with Gasteiger partial charge in [-0.15, -0.1) is 0 Å². The van der Waals surface area contributed by atoms with Crippen molar-refractivity contribution in [1.82, 2.24) is 10.6 Å². The predicted octanol–water partition coefficient (Wildman–Crippen LogP) is 0.416. The minimum absolute atomic E-state index is 0.0322. The first-order chi connectivity index (χ1) is 9.61. The van der Waals surface area contributed by atoms with Crippen molar-refractivity contribution in [2.45, 2.75) is 45.2 Å². The van der Waals surface area contributed by atoms with Crippen LogP contribution < -0.4 is 16.4 Å². The van der Waals surface area contributed by atoms with Crippen molar-refractivity contribution in [3.8, 4) is 0 Å². The first-order valence-electron chi connectivity index (χ1n) is 7.18. The summed E-state index contributed by atoms with van der Waals surface area (Å²) in [6, 6.07) is -0.887. The standard InChI is InChI=1S/C11H21N3O3S.C2H6/c12-8(11(16)17)3-1-2-4-14-10(15)9-7-18-6-5-13-9;1-2/h8-9,13H,1-7,12H2,(H,14,15)(H,16,17);1-2H3. The van der Waals surface area contributed by atoms with E-state index in [2.05, 4.69) is 10.6 Å². The fraction of sp³-hybridized carbons (Fsp3) is 0.846. The van der Waals surface area contributed by atoms with E-state index in [1.807, 2.05) is 13.8 Å². The van der Waals surface area contributed by atoms with Gasteiger partial charge in [-0.25, -0.2) is 0 Å². The molecule has 0 bridgehead atoms. The fourth-order valence-corrected chi connectivity index (χ4v) is 2.62. The van der Waals surface area contributed by atoms with Crippen molar-refractivity contribution < 1.29 is 14.7 Å². The number of aliphatic carboxylic acids is 1. The third-order valence-corrected chi connectivity index (χ3v) is 3.86.